The Morgan fingerprint density at radius 1 is 1.36 bits per heavy atom. The molecule has 0 unspecified atom stereocenters. The number of carbonyl (C=O) groups is 1. The van der Waals surface area contributed by atoms with Crippen molar-refractivity contribution in [1.29, 1.82) is 0 Å². The van der Waals surface area contributed by atoms with E-state index in [-0.39, 0.29) is 5.91 Å². The minimum absolute atomic E-state index is 0.0120. The zero-order chi connectivity index (χ0) is 10.1. The number of carbonyl (C=O) groups excluding carboxylic acids is 1. The highest BCUT2D eigenvalue weighted by Gasteiger charge is 2.15. The van der Waals surface area contributed by atoms with Gasteiger partial charge in [-0.1, -0.05) is 0 Å². The topological polar surface area (TPSA) is 50.4 Å². The standard InChI is InChI=1S/C10H12N2O2/c1-6-3-8-7(4-9(6)14-2)11-5-10(13)12-8/h3-4,11H,5H2,1-2H3,(H,12,13). The van der Waals surface area contributed by atoms with Gasteiger partial charge in [-0.05, 0) is 18.6 Å². The number of methoxy groups -OCH3 is 1. The zero-order valence-electron chi connectivity index (χ0n) is 8.18. The Kier molecular flexibility index (Phi) is 2.04. The van der Waals surface area contributed by atoms with Crippen molar-refractivity contribution in [2.75, 3.05) is 24.3 Å². The molecule has 0 saturated carbocycles. The first-order valence-corrected chi connectivity index (χ1v) is 4.43. The van der Waals surface area contributed by atoms with Crippen molar-refractivity contribution in [3.8, 4) is 5.75 Å². The Bertz CT molecular complexity index is 388. The number of rotatable bonds is 1. The van der Waals surface area contributed by atoms with Gasteiger partial charge < -0.3 is 15.4 Å². The molecule has 0 bridgehead atoms. The third kappa shape index (κ3) is 1.39. The van der Waals surface area contributed by atoms with E-state index in [1.165, 1.54) is 0 Å². The molecule has 4 heteroatoms. The highest BCUT2D eigenvalue weighted by molar-refractivity contribution is 6.00. The molecule has 0 fully saturated rings. The van der Waals surface area contributed by atoms with Gasteiger partial charge in [0.05, 0.1) is 25.0 Å². The van der Waals surface area contributed by atoms with Gasteiger partial charge >= 0.3 is 0 Å². The van der Waals surface area contributed by atoms with Crippen molar-refractivity contribution in [2.24, 2.45) is 0 Å². The van der Waals surface area contributed by atoms with Crippen LogP contribution in [0.25, 0.3) is 0 Å². The van der Waals surface area contributed by atoms with E-state index < -0.39 is 0 Å². The van der Waals surface area contributed by atoms with E-state index in [0.717, 1.165) is 22.7 Å². The van der Waals surface area contributed by atoms with Crippen molar-refractivity contribution in [3.63, 3.8) is 0 Å². The van der Waals surface area contributed by atoms with Gasteiger partial charge in [-0.25, -0.2) is 0 Å². The summed E-state index contributed by atoms with van der Waals surface area (Å²) < 4.78 is 5.19. The molecule has 74 valence electrons. The SMILES string of the molecule is COc1cc2c(cc1C)NC(=O)CN2. The maximum Gasteiger partial charge on any atom is 0.243 e. The highest BCUT2D eigenvalue weighted by atomic mass is 16.5. The van der Waals surface area contributed by atoms with Crippen LogP contribution < -0.4 is 15.4 Å². The van der Waals surface area contributed by atoms with E-state index in [1.54, 1.807) is 7.11 Å². The average Bonchev–Trinajstić information content (AvgIpc) is 2.16. The van der Waals surface area contributed by atoms with Crippen molar-refractivity contribution in [3.05, 3.63) is 17.7 Å². The fourth-order valence-electron chi connectivity index (χ4n) is 1.53. The number of aryl methyl sites for hydroxylation is 1. The third-order valence-corrected chi connectivity index (χ3v) is 2.25. The number of nitrogens with one attached hydrogen (secondary N) is 2. The van der Waals surface area contributed by atoms with Gasteiger partial charge in [-0.3, -0.25) is 4.79 Å². The van der Waals surface area contributed by atoms with Gasteiger partial charge in [0.1, 0.15) is 5.75 Å². The minimum Gasteiger partial charge on any atom is -0.496 e. The molecule has 4 nitrogen and oxygen atoms in total. The normalized spacial score (nSPS) is 14.0. The summed E-state index contributed by atoms with van der Waals surface area (Å²) in [5, 5.41) is 5.82. The molecular formula is C10H12N2O2. The lowest BCUT2D eigenvalue weighted by Gasteiger charge is -2.20. The number of hydrogen-bond donors (Lipinski definition) is 2. The van der Waals surface area contributed by atoms with E-state index in [0.29, 0.717) is 6.54 Å². The lowest BCUT2D eigenvalue weighted by molar-refractivity contribution is -0.114. The first-order chi connectivity index (χ1) is 6.70. The van der Waals surface area contributed by atoms with E-state index in [9.17, 15) is 4.79 Å². The van der Waals surface area contributed by atoms with Gasteiger partial charge in [0, 0.05) is 6.07 Å². The van der Waals surface area contributed by atoms with Crippen LogP contribution in [0.2, 0.25) is 0 Å². The second kappa shape index (κ2) is 3.21. The number of benzene rings is 1. The molecule has 0 spiro atoms. The molecule has 0 radical (unpaired) electrons. The van der Waals surface area contributed by atoms with Crippen molar-refractivity contribution >= 4 is 17.3 Å². The first kappa shape index (κ1) is 8.87. The highest BCUT2D eigenvalue weighted by Crippen LogP contribution is 2.32. The molecular weight excluding hydrogens is 180 g/mol. The number of fused-ring (bicyclic) bond motifs is 1. The summed E-state index contributed by atoms with van der Waals surface area (Å²) >= 11 is 0. The van der Waals surface area contributed by atoms with Crippen LogP contribution in [0, 0.1) is 6.92 Å². The molecule has 0 saturated heterocycles. The second-order valence-electron chi connectivity index (χ2n) is 3.27. The Balaban J connectivity index is 2.45. The number of amides is 1. The van der Waals surface area contributed by atoms with Crippen LogP contribution >= 0.6 is 0 Å². The fraction of sp³-hybridized carbons (Fsp3) is 0.300. The third-order valence-electron chi connectivity index (χ3n) is 2.25. The zero-order valence-corrected chi connectivity index (χ0v) is 8.18. The van der Waals surface area contributed by atoms with Crippen LogP contribution in [-0.2, 0) is 4.79 Å². The molecule has 1 aliphatic heterocycles. The van der Waals surface area contributed by atoms with Gasteiger partial charge in [-0.15, -0.1) is 0 Å². The minimum atomic E-state index is -0.0120. The molecule has 1 amide bonds. The first-order valence-electron chi connectivity index (χ1n) is 4.43. The molecule has 1 heterocycles. The molecule has 1 aromatic carbocycles. The summed E-state index contributed by atoms with van der Waals surface area (Å²) in [6.07, 6.45) is 0. The average molecular weight is 192 g/mol. The maximum atomic E-state index is 11.1. The predicted octanol–water partition coefficient (Wildman–Crippen LogP) is 1.37. The fourth-order valence-corrected chi connectivity index (χ4v) is 1.53. The molecule has 14 heavy (non-hydrogen) atoms. The number of ether oxygens (including phenoxy) is 1. The molecule has 1 aliphatic rings. The Labute approximate surface area is 82.3 Å². The molecule has 2 N–H and O–H groups in total. The Morgan fingerprint density at radius 3 is 2.86 bits per heavy atom. The van der Waals surface area contributed by atoms with E-state index in [1.807, 2.05) is 19.1 Å². The number of hydrogen-bond acceptors (Lipinski definition) is 3. The van der Waals surface area contributed by atoms with Gasteiger partial charge in [0.2, 0.25) is 5.91 Å². The molecule has 2 rings (SSSR count). The van der Waals surface area contributed by atoms with E-state index in [2.05, 4.69) is 10.6 Å². The van der Waals surface area contributed by atoms with Crippen molar-refractivity contribution in [2.45, 2.75) is 6.92 Å². The number of anilines is 2. The van der Waals surface area contributed by atoms with E-state index >= 15 is 0 Å². The van der Waals surface area contributed by atoms with Crippen LogP contribution in [-0.4, -0.2) is 19.6 Å². The summed E-state index contributed by atoms with van der Waals surface area (Å²) in [5.41, 5.74) is 2.74. The lowest BCUT2D eigenvalue weighted by atomic mass is 10.1. The predicted molar refractivity (Wildman–Crippen MR) is 54.9 cm³/mol. The van der Waals surface area contributed by atoms with Crippen molar-refractivity contribution in [1.82, 2.24) is 0 Å². The lowest BCUT2D eigenvalue weighted by Crippen LogP contribution is -2.27. The summed E-state index contributed by atoms with van der Waals surface area (Å²) in [6, 6.07) is 3.79. The smallest absolute Gasteiger partial charge is 0.243 e. The van der Waals surface area contributed by atoms with Gasteiger partial charge in [-0.2, -0.15) is 0 Å². The maximum absolute atomic E-state index is 11.1. The monoisotopic (exact) mass is 192 g/mol. The molecule has 1 aromatic rings. The van der Waals surface area contributed by atoms with Gasteiger partial charge in [0.25, 0.3) is 0 Å². The van der Waals surface area contributed by atoms with Crippen LogP contribution in [0.1, 0.15) is 5.56 Å². The Hall–Kier alpha value is -1.71. The Morgan fingerprint density at radius 2 is 2.14 bits per heavy atom. The molecule has 0 atom stereocenters. The van der Waals surface area contributed by atoms with Crippen LogP contribution in [0.3, 0.4) is 0 Å². The summed E-state index contributed by atoms with van der Waals surface area (Å²) in [4.78, 5) is 11.1. The van der Waals surface area contributed by atoms with Gasteiger partial charge in [0.15, 0.2) is 0 Å². The van der Waals surface area contributed by atoms with Crippen LogP contribution in [0.4, 0.5) is 11.4 Å². The quantitative estimate of drug-likeness (QED) is 0.706. The van der Waals surface area contributed by atoms with Crippen LogP contribution in [0.15, 0.2) is 12.1 Å². The summed E-state index contributed by atoms with van der Waals surface area (Å²) in [7, 11) is 1.64. The van der Waals surface area contributed by atoms with E-state index in [4.69, 9.17) is 4.74 Å². The summed E-state index contributed by atoms with van der Waals surface area (Å²) in [5.74, 6) is 0.814. The largest absolute Gasteiger partial charge is 0.496 e. The van der Waals surface area contributed by atoms with Crippen molar-refractivity contribution < 1.29 is 9.53 Å². The second-order valence-corrected chi connectivity index (χ2v) is 3.27. The molecule has 0 aliphatic carbocycles. The van der Waals surface area contributed by atoms with Crippen LogP contribution in [0.5, 0.6) is 5.75 Å². The molecule has 0 aromatic heterocycles. The summed E-state index contributed by atoms with van der Waals surface area (Å²) in [6.45, 7) is 2.26.